The van der Waals surface area contributed by atoms with Gasteiger partial charge in [0, 0.05) is 17.8 Å². The van der Waals surface area contributed by atoms with Crippen molar-refractivity contribution < 1.29 is 0 Å². The van der Waals surface area contributed by atoms with Gasteiger partial charge >= 0.3 is 0 Å². The van der Waals surface area contributed by atoms with Crippen LogP contribution in [0.2, 0.25) is 0 Å². The summed E-state index contributed by atoms with van der Waals surface area (Å²) in [6, 6.07) is 26.0. The Hall–Kier alpha value is -2.28. The quantitative estimate of drug-likeness (QED) is 0.602. The molecular formula is C21H23N. The number of para-hydroxylation sites is 1. The van der Waals surface area contributed by atoms with Crippen LogP contribution in [0, 0.1) is 0 Å². The van der Waals surface area contributed by atoms with E-state index >= 15 is 0 Å². The van der Waals surface area contributed by atoms with Crippen molar-refractivity contribution in [3.05, 3.63) is 78.4 Å². The zero-order valence-electron chi connectivity index (χ0n) is 13.6. The van der Waals surface area contributed by atoms with Crippen LogP contribution in [0.15, 0.2) is 72.8 Å². The molecule has 0 aliphatic heterocycles. The molecule has 1 nitrogen and oxygen atoms in total. The van der Waals surface area contributed by atoms with Crippen LogP contribution in [-0.4, -0.2) is 5.54 Å². The second kappa shape index (κ2) is 5.84. The topological polar surface area (TPSA) is 3.24 Å². The van der Waals surface area contributed by atoms with Crippen molar-refractivity contribution in [2.45, 2.75) is 32.9 Å². The summed E-state index contributed by atoms with van der Waals surface area (Å²) < 4.78 is 0. The molecule has 0 unspecified atom stereocenters. The molecule has 0 aliphatic rings. The van der Waals surface area contributed by atoms with Crippen LogP contribution >= 0.6 is 0 Å². The third-order valence-corrected chi connectivity index (χ3v) is 4.03. The summed E-state index contributed by atoms with van der Waals surface area (Å²) >= 11 is 0. The van der Waals surface area contributed by atoms with Gasteiger partial charge in [-0.1, -0.05) is 54.6 Å². The Morgan fingerprint density at radius 3 is 2.05 bits per heavy atom. The van der Waals surface area contributed by atoms with Crippen LogP contribution in [0.4, 0.5) is 5.69 Å². The van der Waals surface area contributed by atoms with E-state index in [2.05, 4.69) is 98.5 Å². The van der Waals surface area contributed by atoms with E-state index in [0.29, 0.717) is 0 Å². The van der Waals surface area contributed by atoms with E-state index in [1.54, 1.807) is 0 Å². The van der Waals surface area contributed by atoms with Gasteiger partial charge in [0.25, 0.3) is 0 Å². The molecule has 22 heavy (non-hydrogen) atoms. The molecule has 0 atom stereocenters. The largest absolute Gasteiger partial charge is 0.362 e. The van der Waals surface area contributed by atoms with Crippen LogP contribution < -0.4 is 4.90 Å². The van der Waals surface area contributed by atoms with Gasteiger partial charge in [-0.15, -0.1) is 0 Å². The zero-order valence-corrected chi connectivity index (χ0v) is 13.6. The van der Waals surface area contributed by atoms with Gasteiger partial charge in [-0.3, -0.25) is 0 Å². The van der Waals surface area contributed by atoms with Gasteiger partial charge in [0.1, 0.15) is 0 Å². The summed E-state index contributed by atoms with van der Waals surface area (Å²) in [6.45, 7) is 7.71. The molecule has 1 heteroatoms. The summed E-state index contributed by atoms with van der Waals surface area (Å²) in [4.78, 5) is 2.46. The minimum atomic E-state index is 0.0764. The molecule has 3 aromatic carbocycles. The molecule has 0 amide bonds. The molecule has 0 fully saturated rings. The highest BCUT2D eigenvalue weighted by atomic mass is 15.2. The summed E-state index contributed by atoms with van der Waals surface area (Å²) in [5.41, 5.74) is 2.69. The molecule has 0 spiro atoms. The minimum absolute atomic E-state index is 0.0764. The van der Waals surface area contributed by atoms with Crippen LogP contribution in [0.25, 0.3) is 10.8 Å². The average Bonchev–Trinajstić information content (AvgIpc) is 2.52. The molecule has 0 aromatic heterocycles. The third kappa shape index (κ3) is 3.14. The van der Waals surface area contributed by atoms with E-state index in [0.717, 1.165) is 6.54 Å². The molecule has 3 aromatic rings. The molecule has 0 bridgehead atoms. The van der Waals surface area contributed by atoms with Gasteiger partial charge in [-0.2, -0.15) is 0 Å². The number of nitrogens with zero attached hydrogens (tertiary/aromatic N) is 1. The lowest BCUT2D eigenvalue weighted by Gasteiger charge is -2.38. The average molecular weight is 289 g/mol. The van der Waals surface area contributed by atoms with Gasteiger partial charge in [0.05, 0.1) is 0 Å². The van der Waals surface area contributed by atoms with Crippen LogP contribution in [0.1, 0.15) is 26.3 Å². The summed E-state index contributed by atoms with van der Waals surface area (Å²) in [7, 11) is 0. The van der Waals surface area contributed by atoms with Crippen molar-refractivity contribution in [3.8, 4) is 0 Å². The van der Waals surface area contributed by atoms with Gasteiger partial charge < -0.3 is 4.90 Å². The van der Waals surface area contributed by atoms with Gasteiger partial charge in [-0.05, 0) is 55.3 Å². The van der Waals surface area contributed by atoms with Crippen molar-refractivity contribution in [1.29, 1.82) is 0 Å². The van der Waals surface area contributed by atoms with E-state index < -0.39 is 0 Å². The fourth-order valence-corrected chi connectivity index (χ4v) is 2.84. The number of hydrogen-bond donors (Lipinski definition) is 0. The third-order valence-electron chi connectivity index (χ3n) is 4.03. The van der Waals surface area contributed by atoms with Crippen molar-refractivity contribution in [1.82, 2.24) is 0 Å². The molecule has 0 saturated heterocycles. The molecular weight excluding hydrogens is 266 g/mol. The Bertz CT molecular complexity index is 753. The monoisotopic (exact) mass is 289 g/mol. The minimum Gasteiger partial charge on any atom is -0.362 e. The maximum absolute atomic E-state index is 2.46. The molecule has 0 heterocycles. The van der Waals surface area contributed by atoms with Gasteiger partial charge in [0.2, 0.25) is 0 Å². The lowest BCUT2D eigenvalue weighted by Crippen LogP contribution is -2.40. The first kappa shape index (κ1) is 14.6. The second-order valence-corrected chi connectivity index (χ2v) is 6.77. The van der Waals surface area contributed by atoms with Gasteiger partial charge in [-0.25, -0.2) is 0 Å². The smallest absolute Gasteiger partial charge is 0.0435 e. The standard InChI is InChI=1S/C21H23N/c1-21(2,3)22(20-11-5-4-6-12-20)16-17-13-14-18-9-7-8-10-19(18)15-17/h4-15H,16H2,1-3H3. The maximum atomic E-state index is 2.46. The Morgan fingerprint density at radius 1 is 0.727 bits per heavy atom. The van der Waals surface area contributed by atoms with Crippen LogP contribution in [0.3, 0.4) is 0 Å². The van der Waals surface area contributed by atoms with Gasteiger partial charge in [0.15, 0.2) is 0 Å². The molecule has 0 radical (unpaired) electrons. The van der Waals surface area contributed by atoms with Crippen molar-refractivity contribution >= 4 is 16.5 Å². The fraction of sp³-hybridized carbons (Fsp3) is 0.238. The number of benzene rings is 3. The molecule has 0 saturated carbocycles. The number of fused-ring (bicyclic) bond motifs is 1. The molecule has 3 rings (SSSR count). The first-order chi connectivity index (χ1) is 10.5. The lowest BCUT2D eigenvalue weighted by atomic mass is 10.0. The van der Waals surface area contributed by atoms with Crippen LogP contribution in [-0.2, 0) is 6.54 Å². The zero-order chi connectivity index (χ0) is 15.6. The van der Waals surface area contributed by atoms with E-state index in [1.807, 2.05) is 0 Å². The molecule has 0 aliphatic carbocycles. The van der Waals surface area contributed by atoms with E-state index in [1.165, 1.54) is 22.0 Å². The van der Waals surface area contributed by atoms with E-state index in [9.17, 15) is 0 Å². The summed E-state index contributed by atoms with van der Waals surface area (Å²) in [5, 5.41) is 2.61. The first-order valence-electron chi connectivity index (χ1n) is 7.84. The number of anilines is 1. The lowest BCUT2D eigenvalue weighted by molar-refractivity contribution is 0.501. The van der Waals surface area contributed by atoms with Crippen molar-refractivity contribution in [2.75, 3.05) is 4.90 Å². The normalized spacial score (nSPS) is 11.6. The highest BCUT2D eigenvalue weighted by Gasteiger charge is 2.21. The number of rotatable bonds is 3. The SMILES string of the molecule is CC(C)(C)N(Cc1ccc2ccccc2c1)c1ccccc1. The van der Waals surface area contributed by atoms with E-state index in [-0.39, 0.29) is 5.54 Å². The second-order valence-electron chi connectivity index (χ2n) is 6.77. The fourth-order valence-electron chi connectivity index (χ4n) is 2.84. The summed E-state index contributed by atoms with van der Waals surface area (Å²) in [6.07, 6.45) is 0. The van der Waals surface area contributed by atoms with Crippen LogP contribution in [0.5, 0.6) is 0 Å². The highest BCUT2D eigenvalue weighted by Crippen LogP contribution is 2.27. The molecule has 0 N–H and O–H groups in total. The Morgan fingerprint density at radius 2 is 1.36 bits per heavy atom. The predicted molar refractivity (Wildman–Crippen MR) is 96.3 cm³/mol. The first-order valence-corrected chi connectivity index (χ1v) is 7.84. The van der Waals surface area contributed by atoms with E-state index in [4.69, 9.17) is 0 Å². The Kier molecular flexibility index (Phi) is 3.89. The molecule has 112 valence electrons. The van der Waals surface area contributed by atoms with Crippen molar-refractivity contribution in [3.63, 3.8) is 0 Å². The summed E-state index contributed by atoms with van der Waals surface area (Å²) in [5.74, 6) is 0. The maximum Gasteiger partial charge on any atom is 0.0435 e. The van der Waals surface area contributed by atoms with Crippen molar-refractivity contribution in [2.24, 2.45) is 0 Å². The number of hydrogen-bond acceptors (Lipinski definition) is 1. The Balaban J connectivity index is 1.95. The Labute approximate surface area is 133 Å². The predicted octanol–water partition coefficient (Wildman–Crippen LogP) is 5.64. The highest BCUT2D eigenvalue weighted by molar-refractivity contribution is 5.83.